The Hall–Kier alpha value is -0.840. The lowest BCUT2D eigenvalue weighted by Gasteiger charge is -2.32. The fourth-order valence-electron chi connectivity index (χ4n) is 2.70. The van der Waals surface area contributed by atoms with E-state index in [9.17, 15) is 5.11 Å². The Morgan fingerprint density at radius 1 is 1.47 bits per heavy atom. The lowest BCUT2D eigenvalue weighted by atomic mass is 9.95. The van der Waals surface area contributed by atoms with Crippen LogP contribution in [0, 0.1) is 12.8 Å². The summed E-state index contributed by atoms with van der Waals surface area (Å²) in [6.07, 6.45) is 3.60. The van der Waals surface area contributed by atoms with Crippen LogP contribution in [-0.4, -0.2) is 34.6 Å². The topological polar surface area (TPSA) is 62.4 Å². The highest BCUT2D eigenvalue weighted by Crippen LogP contribution is 2.23. The van der Waals surface area contributed by atoms with Gasteiger partial charge in [-0.15, -0.1) is 12.4 Å². The van der Waals surface area contributed by atoms with Gasteiger partial charge in [0.2, 0.25) is 0 Å². The molecule has 1 aliphatic rings. The molecule has 0 amide bonds. The molecule has 1 aliphatic heterocycles. The molecule has 0 bridgehead atoms. The van der Waals surface area contributed by atoms with Gasteiger partial charge in [0.25, 0.3) is 0 Å². The van der Waals surface area contributed by atoms with Crippen molar-refractivity contribution < 1.29 is 5.11 Å². The van der Waals surface area contributed by atoms with Crippen LogP contribution in [0.25, 0.3) is 0 Å². The molecule has 2 heterocycles. The fraction of sp³-hybridized carbons (Fsp3) is 0.643. The predicted molar refractivity (Wildman–Crippen MR) is 79.6 cm³/mol. The quantitative estimate of drug-likeness (QED) is 0.889. The molecule has 1 fully saturated rings. The highest BCUT2D eigenvalue weighted by atomic mass is 35.5. The van der Waals surface area contributed by atoms with E-state index in [0.29, 0.717) is 11.7 Å². The molecule has 0 aromatic carbocycles. The summed E-state index contributed by atoms with van der Waals surface area (Å²) in [5, 5.41) is 9.83. The predicted octanol–water partition coefficient (Wildman–Crippen LogP) is 2.08. The number of likely N-dealkylation sites (tertiary alicyclic amines) is 1. The van der Waals surface area contributed by atoms with Gasteiger partial charge in [0, 0.05) is 18.8 Å². The molecular weight excluding hydrogens is 262 g/mol. The first-order valence-electron chi connectivity index (χ1n) is 6.77. The summed E-state index contributed by atoms with van der Waals surface area (Å²) < 4.78 is 0. The lowest BCUT2D eigenvalue weighted by Crippen LogP contribution is -2.35. The maximum atomic E-state index is 9.83. The lowest BCUT2D eigenvalue weighted by molar-refractivity contribution is 0.160. The van der Waals surface area contributed by atoms with Crippen molar-refractivity contribution in [1.82, 2.24) is 9.88 Å². The summed E-state index contributed by atoms with van der Waals surface area (Å²) in [5.74, 6) is 1.01. The molecule has 1 aromatic rings. The second-order valence-electron chi connectivity index (χ2n) is 5.24. The zero-order valence-corrected chi connectivity index (χ0v) is 12.3. The van der Waals surface area contributed by atoms with E-state index in [1.54, 1.807) is 6.07 Å². The molecule has 1 aromatic heterocycles. The minimum atomic E-state index is 0. The van der Waals surface area contributed by atoms with E-state index in [0.717, 1.165) is 44.0 Å². The second kappa shape index (κ2) is 7.68. The third kappa shape index (κ3) is 4.64. The summed E-state index contributed by atoms with van der Waals surface area (Å²) in [5.41, 5.74) is 7.38. The van der Waals surface area contributed by atoms with E-state index in [2.05, 4.69) is 9.88 Å². The fourth-order valence-corrected chi connectivity index (χ4v) is 2.70. The molecule has 19 heavy (non-hydrogen) atoms. The number of aromatic nitrogens is 1. The third-order valence-electron chi connectivity index (χ3n) is 3.64. The Bertz CT molecular complexity index is 398. The number of aryl methyl sites for hydroxylation is 1. The molecule has 2 rings (SSSR count). The number of hydrogen-bond acceptors (Lipinski definition) is 4. The molecule has 108 valence electrons. The average molecular weight is 286 g/mol. The molecule has 1 unspecified atom stereocenters. The van der Waals surface area contributed by atoms with Crippen molar-refractivity contribution in [3.63, 3.8) is 0 Å². The number of nitrogens with two attached hydrogens (primary N) is 1. The van der Waals surface area contributed by atoms with Crippen LogP contribution in [0.3, 0.4) is 0 Å². The average Bonchev–Trinajstić information content (AvgIpc) is 2.35. The van der Waals surface area contributed by atoms with Crippen molar-refractivity contribution in [3.8, 4) is 5.75 Å². The van der Waals surface area contributed by atoms with Gasteiger partial charge in [0.1, 0.15) is 5.75 Å². The van der Waals surface area contributed by atoms with Gasteiger partial charge >= 0.3 is 0 Å². The summed E-state index contributed by atoms with van der Waals surface area (Å²) >= 11 is 0. The first-order chi connectivity index (χ1) is 8.69. The van der Waals surface area contributed by atoms with Crippen LogP contribution in [0.15, 0.2) is 12.1 Å². The summed E-state index contributed by atoms with van der Waals surface area (Å²) in [6, 6.07) is 3.57. The largest absolute Gasteiger partial charge is 0.506 e. The Labute approximate surface area is 121 Å². The molecule has 0 radical (unpaired) electrons. The van der Waals surface area contributed by atoms with Gasteiger partial charge in [-0.1, -0.05) is 0 Å². The number of piperidine rings is 1. The molecule has 0 aliphatic carbocycles. The third-order valence-corrected chi connectivity index (χ3v) is 3.64. The van der Waals surface area contributed by atoms with E-state index in [4.69, 9.17) is 5.73 Å². The Morgan fingerprint density at radius 3 is 3.00 bits per heavy atom. The van der Waals surface area contributed by atoms with Crippen molar-refractivity contribution in [1.29, 1.82) is 0 Å². The SMILES string of the molecule is Cc1ccc(O)c(CN2CCCC(CCN)C2)n1.Cl. The molecule has 1 saturated heterocycles. The highest BCUT2D eigenvalue weighted by molar-refractivity contribution is 5.85. The van der Waals surface area contributed by atoms with Gasteiger partial charge in [0.15, 0.2) is 0 Å². The van der Waals surface area contributed by atoms with Crippen LogP contribution in [0.5, 0.6) is 5.75 Å². The van der Waals surface area contributed by atoms with Gasteiger partial charge < -0.3 is 10.8 Å². The van der Waals surface area contributed by atoms with Gasteiger partial charge in [-0.2, -0.15) is 0 Å². The van der Waals surface area contributed by atoms with Crippen molar-refractivity contribution in [2.24, 2.45) is 11.7 Å². The summed E-state index contributed by atoms with van der Waals surface area (Å²) in [4.78, 5) is 6.80. The van der Waals surface area contributed by atoms with E-state index < -0.39 is 0 Å². The molecule has 1 atom stereocenters. The van der Waals surface area contributed by atoms with E-state index in [1.165, 1.54) is 12.8 Å². The zero-order chi connectivity index (χ0) is 13.0. The Balaban J connectivity index is 0.00000180. The van der Waals surface area contributed by atoms with Gasteiger partial charge in [0.05, 0.1) is 5.69 Å². The molecular formula is C14H24ClN3O. The monoisotopic (exact) mass is 285 g/mol. The van der Waals surface area contributed by atoms with E-state index in [1.807, 2.05) is 13.0 Å². The number of halogens is 1. The first kappa shape index (κ1) is 16.2. The number of nitrogens with zero attached hydrogens (tertiary/aromatic N) is 2. The van der Waals surface area contributed by atoms with Gasteiger partial charge in [-0.05, 0) is 57.3 Å². The summed E-state index contributed by atoms with van der Waals surface area (Å²) in [6.45, 7) is 5.64. The maximum absolute atomic E-state index is 9.83. The second-order valence-corrected chi connectivity index (χ2v) is 5.24. The zero-order valence-electron chi connectivity index (χ0n) is 11.5. The van der Waals surface area contributed by atoms with Crippen molar-refractivity contribution in [3.05, 3.63) is 23.5 Å². The number of rotatable bonds is 4. The molecule has 4 nitrogen and oxygen atoms in total. The standard InChI is InChI=1S/C14H23N3O.ClH/c1-11-4-5-14(18)13(16-11)10-17-8-2-3-12(9-17)6-7-15;/h4-5,12,18H,2-3,6-10,15H2,1H3;1H. The highest BCUT2D eigenvalue weighted by Gasteiger charge is 2.20. The molecule has 3 N–H and O–H groups in total. The van der Waals surface area contributed by atoms with Crippen LogP contribution in [0.4, 0.5) is 0 Å². The minimum absolute atomic E-state index is 0. The number of pyridine rings is 1. The number of aromatic hydroxyl groups is 1. The minimum Gasteiger partial charge on any atom is -0.506 e. The van der Waals surface area contributed by atoms with Gasteiger partial charge in [-0.25, -0.2) is 0 Å². The maximum Gasteiger partial charge on any atom is 0.138 e. The molecule has 0 saturated carbocycles. The first-order valence-corrected chi connectivity index (χ1v) is 6.77. The van der Waals surface area contributed by atoms with Crippen LogP contribution in [0.1, 0.15) is 30.7 Å². The summed E-state index contributed by atoms with van der Waals surface area (Å²) in [7, 11) is 0. The van der Waals surface area contributed by atoms with E-state index in [-0.39, 0.29) is 12.4 Å². The molecule has 5 heteroatoms. The Morgan fingerprint density at radius 2 is 2.26 bits per heavy atom. The van der Waals surface area contributed by atoms with Crippen molar-refractivity contribution in [2.75, 3.05) is 19.6 Å². The van der Waals surface area contributed by atoms with Gasteiger partial charge in [-0.3, -0.25) is 9.88 Å². The number of hydrogen-bond donors (Lipinski definition) is 2. The van der Waals surface area contributed by atoms with Crippen molar-refractivity contribution in [2.45, 2.75) is 32.7 Å². The Kier molecular flexibility index (Phi) is 6.55. The molecule has 0 spiro atoms. The van der Waals surface area contributed by atoms with Crippen LogP contribution in [0.2, 0.25) is 0 Å². The van der Waals surface area contributed by atoms with Crippen LogP contribution in [-0.2, 0) is 6.54 Å². The smallest absolute Gasteiger partial charge is 0.138 e. The van der Waals surface area contributed by atoms with E-state index >= 15 is 0 Å². The normalized spacial score (nSPS) is 20.0. The van der Waals surface area contributed by atoms with Crippen LogP contribution < -0.4 is 5.73 Å². The van der Waals surface area contributed by atoms with Crippen LogP contribution >= 0.6 is 12.4 Å². The van der Waals surface area contributed by atoms with Crippen molar-refractivity contribution >= 4 is 12.4 Å².